The van der Waals surface area contributed by atoms with Gasteiger partial charge in [0, 0.05) is 11.1 Å². The number of amides is 1. The van der Waals surface area contributed by atoms with Crippen LogP contribution in [0.25, 0.3) is 10.9 Å². The molecule has 0 unspecified atom stereocenters. The largest absolute Gasteiger partial charge is 0.459 e. The van der Waals surface area contributed by atoms with Crippen LogP contribution in [-0.4, -0.2) is 17.1 Å². The van der Waals surface area contributed by atoms with Gasteiger partial charge < -0.3 is 9.40 Å². The number of hydrazone groups is 1. The minimum atomic E-state index is -0.410. The highest BCUT2D eigenvalue weighted by Crippen LogP contribution is 2.13. The maximum atomic E-state index is 11.6. The SMILES string of the molecule is O=C(NN=Cc1cc2ccccc2[nH]c1=S)c1ccco1. The van der Waals surface area contributed by atoms with Crippen molar-refractivity contribution >= 4 is 35.2 Å². The van der Waals surface area contributed by atoms with Gasteiger partial charge in [-0.25, -0.2) is 5.43 Å². The lowest BCUT2D eigenvalue weighted by Crippen LogP contribution is -2.16. The van der Waals surface area contributed by atoms with E-state index in [2.05, 4.69) is 15.5 Å². The number of pyridine rings is 1. The first-order valence-electron chi connectivity index (χ1n) is 6.23. The third-order valence-corrected chi connectivity index (χ3v) is 3.23. The molecule has 0 radical (unpaired) electrons. The number of hydrogen-bond donors (Lipinski definition) is 2. The molecule has 3 rings (SSSR count). The highest BCUT2D eigenvalue weighted by Gasteiger charge is 2.06. The number of furan rings is 1. The Bertz CT molecular complexity index is 866. The van der Waals surface area contributed by atoms with E-state index in [0.717, 1.165) is 16.5 Å². The third-order valence-electron chi connectivity index (χ3n) is 2.90. The number of aromatic nitrogens is 1. The molecule has 5 nitrogen and oxygen atoms in total. The highest BCUT2D eigenvalue weighted by molar-refractivity contribution is 7.71. The van der Waals surface area contributed by atoms with E-state index in [1.807, 2.05) is 30.3 Å². The molecular formula is C15H11N3O2S. The van der Waals surface area contributed by atoms with Crippen molar-refractivity contribution in [1.29, 1.82) is 0 Å². The van der Waals surface area contributed by atoms with Gasteiger partial charge in [0.25, 0.3) is 0 Å². The molecule has 2 aromatic heterocycles. The third kappa shape index (κ3) is 2.90. The number of rotatable bonds is 3. The minimum absolute atomic E-state index is 0.204. The first-order chi connectivity index (χ1) is 10.2. The molecule has 0 aliphatic heterocycles. The topological polar surface area (TPSA) is 70.4 Å². The molecule has 21 heavy (non-hydrogen) atoms. The highest BCUT2D eigenvalue weighted by atomic mass is 32.1. The number of fused-ring (bicyclic) bond motifs is 1. The van der Waals surface area contributed by atoms with Gasteiger partial charge in [0.05, 0.1) is 12.5 Å². The number of nitrogens with one attached hydrogen (secondary N) is 2. The average molecular weight is 297 g/mol. The summed E-state index contributed by atoms with van der Waals surface area (Å²) in [5.74, 6) is -0.206. The van der Waals surface area contributed by atoms with Gasteiger partial charge in [0.15, 0.2) is 5.76 Å². The van der Waals surface area contributed by atoms with Crippen molar-refractivity contribution in [2.45, 2.75) is 0 Å². The van der Waals surface area contributed by atoms with Gasteiger partial charge in [-0.05, 0) is 29.7 Å². The molecule has 6 heteroatoms. The Labute approximate surface area is 125 Å². The normalized spacial score (nSPS) is 11.0. The van der Waals surface area contributed by atoms with E-state index < -0.39 is 5.91 Å². The monoisotopic (exact) mass is 297 g/mol. The standard InChI is InChI=1S/C15H11N3O2S/c19-14(13-6-3-7-20-13)18-16-9-11-8-10-4-1-2-5-12(10)17-15(11)21/h1-9H,(H,17,21)(H,18,19). The van der Waals surface area contributed by atoms with Crippen LogP contribution in [0, 0.1) is 4.64 Å². The summed E-state index contributed by atoms with van der Waals surface area (Å²) >= 11 is 5.26. The quantitative estimate of drug-likeness (QED) is 0.443. The van der Waals surface area contributed by atoms with Crippen molar-refractivity contribution in [2.24, 2.45) is 5.10 Å². The van der Waals surface area contributed by atoms with E-state index >= 15 is 0 Å². The Kier molecular flexibility index (Phi) is 3.61. The van der Waals surface area contributed by atoms with Crippen molar-refractivity contribution in [2.75, 3.05) is 0 Å². The fourth-order valence-electron chi connectivity index (χ4n) is 1.88. The Morgan fingerprint density at radius 2 is 2.14 bits per heavy atom. The van der Waals surface area contributed by atoms with Crippen molar-refractivity contribution in [3.8, 4) is 0 Å². The molecule has 0 saturated heterocycles. The first-order valence-corrected chi connectivity index (χ1v) is 6.64. The molecule has 1 aromatic carbocycles. The lowest BCUT2D eigenvalue weighted by atomic mass is 10.2. The number of carbonyl (C=O) groups excluding carboxylic acids is 1. The van der Waals surface area contributed by atoms with Crippen LogP contribution in [0.1, 0.15) is 16.1 Å². The Morgan fingerprint density at radius 1 is 1.29 bits per heavy atom. The first kappa shape index (κ1) is 13.3. The number of aromatic amines is 1. The molecule has 104 valence electrons. The molecule has 1 amide bonds. The summed E-state index contributed by atoms with van der Waals surface area (Å²) in [5.41, 5.74) is 4.07. The van der Waals surface area contributed by atoms with Gasteiger partial charge in [-0.15, -0.1) is 0 Å². The number of benzene rings is 1. The van der Waals surface area contributed by atoms with Crippen LogP contribution >= 0.6 is 12.2 Å². The smallest absolute Gasteiger partial charge is 0.307 e. The summed E-state index contributed by atoms with van der Waals surface area (Å²) in [6.07, 6.45) is 2.93. The van der Waals surface area contributed by atoms with Gasteiger partial charge in [-0.2, -0.15) is 5.10 Å². The predicted octanol–water partition coefficient (Wildman–Crippen LogP) is 3.25. The van der Waals surface area contributed by atoms with E-state index in [0.29, 0.717) is 4.64 Å². The second-order valence-corrected chi connectivity index (χ2v) is 4.73. The van der Waals surface area contributed by atoms with Gasteiger partial charge in [-0.1, -0.05) is 30.4 Å². The maximum absolute atomic E-state index is 11.6. The zero-order valence-electron chi connectivity index (χ0n) is 10.9. The van der Waals surface area contributed by atoms with Crippen LogP contribution in [0.2, 0.25) is 0 Å². The lowest BCUT2D eigenvalue weighted by molar-refractivity contribution is 0.0927. The Morgan fingerprint density at radius 3 is 2.95 bits per heavy atom. The summed E-state index contributed by atoms with van der Waals surface area (Å²) in [5, 5.41) is 4.91. The second kappa shape index (κ2) is 5.72. The fraction of sp³-hybridized carbons (Fsp3) is 0. The fourth-order valence-corrected chi connectivity index (χ4v) is 2.11. The molecule has 2 N–H and O–H groups in total. The van der Waals surface area contributed by atoms with Crippen molar-refractivity contribution < 1.29 is 9.21 Å². The molecular weight excluding hydrogens is 286 g/mol. The van der Waals surface area contributed by atoms with Crippen molar-refractivity contribution in [1.82, 2.24) is 10.4 Å². The minimum Gasteiger partial charge on any atom is -0.459 e. The molecule has 3 aromatic rings. The molecule has 0 spiro atoms. The summed E-state index contributed by atoms with van der Waals surface area (Å²) in [6, 6.07) is 12.9. The summed E-state index contributed by atoms with van der Waals surface area (Å²) < 4.78 is 5.53. The number of hydrogen-bond acceptors (Lipinski definition) is 4. The number of para-hydroxylation sites is 1. The number of nitrogens with zero attached hydrogens (tertiary/aromatic N) is 1. The van der Waals surface area contributed by atoms with Crippen LogP contribution < -0.4 is 5.43 Å². The molecule has 0 bridgehead atoms. The van der Waals surface area contributed by atoms with Crippen molar-refractivity contribution in [3.63, 3.8) is 0 Å². The van der Waals surface area contributed by atoms with Gasteiger partial charge in [0.1, 0.15) is 4.64 Å². The average Bonchev–Trinajstić information content (AvgIpc) is 3.02. The van der Waals surface area contributed by atoms with E-state index in [4.69, 9.17) is 16.6 Å². The molecule has 0 saturated carbocycles. The Hall–Kier alpha value is -2.73. The molecule has 0 atom stereocenters. The van der Waals surface area contributed by atoms with Crippen LogP contribution in [-0.2, 0) is 0 Å². The summed E-state index contributed by atoms with van der Waals surface area (Å²) in [7, 11) is 0. The molecule has 2 heterocycles. The number of carbonyl (C=O) groups is 1. The summed E-state index contributed by atoms with van der Waals surface area (Å²) in [4.78, 5) is 14.8. The van der Waals surface area contributed by atoms with Crippen LogP contribution in [0.4, 0.5) is 0 Å². The second-order valence-electron chi connectivity index (χ2n) is 4.32. The maximum Gasteiger partial charge on any atom is 0.307 e. The summed E-state index contributed by atoms with van der Waals surface area (Å²) in [6.45, 7) is 0. The lowest BCUT2D eigenvalue weighted by Gasteiger charge is -2.00. The molecule has 0 aliphatic rings. The zero-order valence-corrected chi connectivity index (χ0v) is 11.7. The van der Waals surface area contributed by atoms with Crippen LogP contribution in [0.15, 0.2) is 58.2 Å². The van der Waals surface area contributed by atoms with Crippen LogP contribution in [0.5, 0.6) is 0 Å². The van der Waals surface area contributed by atoms with Crippen molar-refractivity contribution in [3.05, 3.63) is 64.7 Å². The van der Waals surface area contributed by atoms with Gasteiger partial charge in [0.2, 0.25) is 0 Å². The van der Waals surface area contributed by atoms with E-state index in [-0.39, 0.29) is 5.76 Å². The van der Waals surface area contributed by atoms with Gasteiger partial charge in [-0.3, -0.25) is 4.79 Å². The molecule has 0 aliphatic carbocycles. The zero-order chi connectivity index (χ0) is 14.7. The molecule has 0 fully saturated rings. The van der Waals surface area contributed by atoms with Crippen LogP contribution in [0.3, 0.4) is 0 Å². The number of H-pyrrole nitrogens is 1. The van der Waals surface area contributed by atoms with E-state index in [9.17, 15) is 4.79 Å². The van der Waals surface area contributed by atoms with E-state index in [1.165, 1.54) is 12.5 Å². The van der Waals surface area contributed by atoms with E-state index in [1.54, 1.807) is 12.1 Å². The Balaban J connectivity index is 1.81. The van der Waals surface area contributed by atoms with Gasteiger partial charge >= 0.3 is 5.91 Å². The predicted molar refractivity (Wildman–Crippen MR) is 82.9 cm³/mol.